The number of hydrogen-bond donors (Lipinski definition) is 2. The van der Waals surface area contributed by atoms with Crippen LogP contribution in [0.5, 0.6) is 0 Å². The lowest BCUT2D eigenvalue weighted by molar-refractivity contribution is -0.147. The van der Waals surface area contributed by atoms with E-state index in [4.69, 9.17) is 0 Å². The average molecular weight is 267 g/mol. The molecule has 0 unspecified atom stereocenters. The van der Waals surface area contributed by atoms with Crippen molar-refractivity contribution in [3.05, 3.63) is 11.1 Å². The Morgan fingerprint density at radius 2 is 1.74 bits per heavy atom. The second-order valence-electron chi connectivity index (χ2n) is 5.52. The molecule has 1 aliphatic carbocycles. The monoisotopic (exact) mass is 267 g/mol. The molecule has 19 heavy (non-hydrogen) atoms. The average Bonchev–Trinajstić information content (AvgIpc) is 2.36. The van der Waals surface area contributed by atoms with Crippen LogP contribution in [0.15, 0.2) is 11.1 Å². The minimum absolute atomic E-state index is 0.102. The van der Waals surface area contributed by atoms with Crippen LogP contribution in [-0.2, 0) is 9.59 Å². The number of unbranched alkanes of at least 4 members (excludes halogenated alkanes) is 2. The van der Waals surface area contributed by atoms with Crippen molar-refractivity contribution >= 4 is 11.9 Å². The molecule has 4 heteroatoms. The zero-order valence-corrected chi connectivity index (χ0v) is 12.2. The summed E-state index contributed by atoms with van der Waals surface area (Å²) in [6.07, 6.45) is 4.22. The molecule has 1 amide bonds. The molecule has 0 spiro atoms. The number of carboxylic acid groups (broad SMARTS) is 1. The van der Waals surface area contributed by atoms with E-state index in [-0.39, 0.29) is 5.91 Å². The Hall–Kier alpha value is -1.32. The van der Waals surface area contributed by atoms with Gasteiger partial charge < -0.3 is 10.4 Å². The standard InChI is InChI=1S/C15H25NO3/c1-4-5-6-7-16-14(17)12-8-10(2)11(3)9-13(12)15(18)19/h12-13H,4-9H2,1-3H3,(H,16,17)(H,18,19)/t12-,13+/m1/s1. The van der Waals surface area contributed by atoms with Gasteiger partial charge in [-0.05, 0) is 33.1 Å². The summed E-state index contributed by atoms with van der Waals surface area (Å²) in [7, 11) is 0. The third-order valence-corrected chi connectivity index (χ3v) is 4.00. The van der Waals surface area contributed by atoms with Gasteiger partial charge in [0.2, 0.25) is 5.91 Å². The second kappa shape index (κ2) is 7.31. The van der Waals surface area contributed by atoms with E-state index in [1.807, 2.05) is 13.8 Å². The number of allylic oxidation sites excluding steroid dienone is 2. The molecule has 2 N–H and O–H groups in total. The molecule has 0 aromatic carbocycles. The highest BCUT2D eigenvalue weighted by molar-refractivity contribution is 5.85. The van der Waals surface area contributed by atoms with Gasteiger partial charge in [0.1, 0.15) is 0 Å². The fourth-order valence-electron chi connectivity index (χ4n) is 2.55. The van der Waals surface area contributed by atoms with E-state index in [1.165, 1.54) is 0 Å². The van der Waals surface area contributed by atoms with Crippen molar-refractivity contribution in [1.82, 2.24) is 5.32 Å². The Balaban J connectivity index is 2.62. The van der Waals surface area contributed by atoms with Gasteiger partial charge in [0.05, 0.1) is 11.8 Å². The number of hydrogen-bond acceptors (Lipinski definition) is 2. The Kier molecular flexibility index (Phi) is 6.06. The number of amides is 1. The van der Waals surface area contributed by atoms with Crippen molar-refractivity contribution in [2.24, 2.45) is 11.8 Å². The van der Waals surface area contributed by atoms with Crippen LogP contribution in [0.1, 0.15) is 52.9 Å². The van der Waals surface area contributed by atoms with Crippen molar-refractivity contribution in [3.63, 3.8) is 0 Å². The first kappa shape index (κ1) is 15.7. The Morgan fingerprint density at radius 1 is 1.16 bits per heavy atom. The summed E-state index contributed by atoms with van der Waals surface area (Å²) in [5.74, 6) is -1.95. The summed E-state index contributed by atoms with van der Waals surface area (Å²) < 4.78 is 0. The van der Waals surface area contributed by atoms with Crippen molar-refractivity contribution in [2.75, 3.05) is 6.54 Å². The second-order valence-corrected chi connectivity index (χ2v) is 5.52. The molecule has 1 rings (SSSR count). The highest BCUT2D eigenvalue weighted by Gasteiger charge is 2.36. The molecule has 0 saturated heterocycles. The molecule has 0 aromatic rings. The Morgan fingerprint density at radius 3 is 2.26 bits per heavy atom. The van der Waals surface area contributed by atoms with Crippen molar-refractivity contribution in [3.8, 4) is 0 Å². The first-order valence-electron chi connectivity index (χ1n) is 7.13. The molecule has 2 atom stereocenters. The molecule has 0 fully saturated rings. The first-order valence-corrected chi connectivity index (χ1v) is 7.13. The van der Waals surface area contributed by atoms with Gasteiger partial charge in [-0.25, -0.2) is 0 Å². The van der Waals surface area contributed by atoms with Crippen LogP contribution in [0.25, 0.3) is 0 Å². The summed E-state index contributed by atoms with van der Waals surface area (Å²) in [5, 5.41) is 12.2. The quantitative estimate of drug-likeness (QED) is 0.574. The van der Waals surface area contributed by atoms with Crippen LogP contribution in [0, 0.1) is 11.8 Å². The molecular weight excluding hydrogens is 242 g/mol. The van der Waals surface area contributed by atoms with Crippen LogP contribution in [-0.4, -0.2) is 23.5 Å². The number of carbonyl (C=O) groups is 2. The lowest BCUT2D eigenvalue weighted by Crippen LogP contribution is -2.40. The van der Waals surface area contributed by atoms with Gasteiger partial charge in [0.15, 0.2) is 0 Å². The lowest BCUT2D eigenvalue weighted by atomic mass is 9.76. The fourth-order valence-corrected chi connectivity index (χ4v) is 2.55. The zero-order chi connectivity index (χ0) is 14.4. The highest BCUT2D eigenvalue weighted by atomic mass is 16.4. The normalized spacial score (nSPS) is 23.3. The summed E-state index contributed by atoms with van der Waals surface area (Å²) in [6, 6.07) is 0. The van der Waals surface area contributed by atoms with E-state index in [0.29, 0.717) is 19.4 Å². The molecule has 0 aromatic heterocycles. The smallest absolute Gasteiger partial charge is 0.307 e. The maximum atomic E-state index is 12.1. The molecule has 0 radical (unpaired) electrons. The molecule has 4 nitrogen and oxygen atoms in total. The molecule has 0 saturated carbocycles. The van der Waals surface area contributed by atoms with Gasteiger partial charge in [0.25, 0.3) is 0 Å². The SMILES string of the molecule is CCCCCNC(=O)[C@@H]1CC(C)=C(C)C[C@@H]1C(=O)O. The van der Waals surface area contributed by atoms with Gasteiger partial charge in [-0.15, -0.1) is 0 Å². The van der Waals surface area contributed by atoms with Crippen molar-refractivity contribution in [2.45, 2.75) is 52.9 Å². The minimum atomic E-state index is -0.861. The van der Waals surface area contributed by atoms with Gasteiger partial charge in [-0.2, -0.15) is 0 Å². The van der Waals surface area contributed by atoms with E-state index < -0.39 is 17.8 Å². The maximum absolute atomic E-state index is 12.1. The van der Waals surface area contributed by atoms with Gasteiger partial charge in [0, 0.05) is 6.54 Å². The predicted molar refractivity (Wildman–Crippen MR) is 74.8 cm³/mol. The van der Waals surface area contributed by atoms with E-state index in [1.54, 1.807) is 0 Å². The highest BCUT2D eigenvalue weighted by Crippen LogP contribution is 2.34. The summed E-state index contributed by atoms with van der Waals surface area (Å²) in [5.41, 5.74) is 2.27. The molecular formula is C15H25NO3. The number of carbonyl (C=O) groups excluding carboxylic acids is 1. The molecule has 0 heterocycles. The lowest BCUT2D eigenvalue weighted by Gasteiger charge is -2.29. The number of aliphatic carboxylic acids is 1. The van der Waals surface area contributed by atoms with Gasteiger partial charge in [-0.3, -0.25) is 9.59 Å². The van der Waals surface area contributed by atoms with Crippen molar-refractivity contribution in [1.29, 1.82) is 0 Å². The molecule has 1 aliphatic rings. The zero-order valence-electron chi connectivity index (χ0n) is 12.2. The Bertz CT molecular complexity index is 374. The summed E-state index contributed by atoms with van der Waals surface area (Å²) in [4.78, 5) is 23.4. The van der Waals surface area contributed by atoms with Crippen LogP contribution in [0.4, 0.5) is 0 Å². The minimum Gasteiger partial charge on any atom is -0.481 e. The van der Waals surface area contributed by atoms with Gasteiger partial charge in [-0.1, -0.05) is 30.9 Å². The van der Waals surface area contributed by atoms with Crippen LogP contribution in [0.3, 0.4) is 0 Å². The third kappa shape index (κ3) is 4.37. The third-order valence-electron chi connectivity index (χ3n) is 4.00. The van der Waals surface area contributed by atoms with Crippen LogP contribution >= 0.6 is 0 Å². The largest absolute Gasteiger partial charge is 0.481 e. The first-order chi connectivity index (χ1) is 8.97. The topological polar surface area (TPSA) is 66.4 Å². The number of rotatable bonds is 6. The number of nitrogens with one attached hydrogen (secondary N) is 1. The molecule has 0 aliphatic heterocycles. The molecule has 108 valence electrons. The maximum Gasteiger partial charge on any atom is 0.307 e. The fraction of sp³-hybridized carbons (Fsp3) is 0.733. The van der Waals surface area contributed by atoms with E-state index in [9.17, 15) is 14.7 Å². The van der Waals surface area contributed by atoms with Gasteiger partial charge >= 0.3 is 5.97 Å². The van der Waals surface area contributed by atoms with Crippen LogP contribution < -0.4 is 5.32 Å². The van der Waals surface area contributed by atoms with E-state index >= 15 is 0 Å². The van der Waals surface area contributed by atoms with E-state index in [0.717, 1.165) is 30.4 Å². The van der Waals surface area contributed by atoms with E-state index in [2.05, 4.69) is 12.2 Å². The van der Waals surface area contributed by atoms with Crippen LogP contribution in [0.2, 0.25) is 0 Å². The summed E-state index contributed by atoms with van der Waals surface area (Å²) in [6.45, 7) is 6.71. The summed E-state index contributed by atoms with van der Waals surface area (Å²) >= 11 is 0. The number of carboxylic acids is 1. The molecule has 0 bridgehead atoms. The predicted octanol–water partition coefficient (Wildman–Crippen LogP) is 2.74. The Labute approximate surface area is 115 Å². The van der Waals surface area contributed by atoms with Crippen molar-refractivity contribution < 1.29 is 14.7 Å².